The van der Waals surface area contributed by atoms with Crippen molar-refractivity contribution in [1.82, 2.24) is 5.32 Å². The Kier molecular flexibility index (Phi) is 2.47. The monoisotopic (exact) mass is 203 g/mol. The van der Waals surface area contributed by atoms with Gasteiger partial charge in [0.2, 0.25) is 0 Å². The van der Waals surface area contributed by atoms with Gasteiger partial charge in [0, 0.05) is 19.7 Å². The van der Waals surface area contributed by atoms with Crippen molar-refractivity contribution in [3.05, 3.63) is 34.9 Å². The smallest absolute Gasteiger partial charge is 0.0825 e. The summed E-state index contributed by atoms with van der Waals surface area (Å²) >= 11 is 0. The molecule has 2 heterocycles. The van der Waals surface area contributed by atoms with Crippen molar-refractivity contribution >= 4 is 0 Å². The van der Waals surface area contributed by atoms with E-state index in [0.717, 1.165) is 19.7 Å². The van der Waals surface area contributed by atoms with Crippen molar-refractivity contribution in [2.24, 2.45) is 0 Å². The summed E-state index contributed by atoms with van der Waals surface area (Å²) in [5.74, 6) is 0. The number of benzene rings is 1. The molecule has 2 heteroatoms. The SMILES string of the molecule is c1cc2c(cc1[C@H]1CCCCO1)CNC2. The lowest BCUT2D eigenvalue weighted by molar-refractivity contribution is 0.0149. The first-order chi connectivity index (χ1) is 7.43. The quantitative estimate of drug-likeness (QED) is 0.757. The minimum atomic E-state index is 0.352. The van der Waals surface area contributed by atoms with E-state index in [0.29, 0.717) is 6.10 Å². The Balaban J connectivity index is 1.85. The van der Waals surface area contributed by atoms with E-state index < -0.39 is 0 Å². The summed E-state index contributed by atoms with van der Waals surface area (Å²) in [6.45, 7) is 2.98. The lowest BCUT2D eigenvalue weighted by Crippen LogP contribution is -2.11. The standard InChI is InChI=1S/C13H17NO/c1-2-6-15-13(3-1)10-4-5-11-8-14-9-12(11)7-10/h4-5,7,13-14H,1-3,6,8-9H2/t13-/m1/s1. The Morgan fingerprint density at radius 2 is 2.07 bits per heavy atom. The maximum Gasteiger partial charge on any atom is 0.0825 e. The van der Waals surface area contributed by atoms with Crippen molar-refractivity contribution in [3.63, 3.8) is 0 Å². The van der Waals surface area contributed by atoms with Crippen LogP contribution in [0, 0.1) is 0 Å². The second-order valence-corrected chi connectivity index (χ2v) is 4.49. The summed E-state index contributed by atoms with van der Waals surface area (Å²) in [6, 6.07) is 6.82. The zero-order chi connectivity index (χ0) is 10.1. The van der Waals surface area contributed by atoms with E-state index >= 15 is 0 Å². The Hall–Kier alpha value is -0.860. The molecule has 0 aromatic heterocycles. The molecule has 2 aliphatic rings. The highest BCUT2D eigenvalue weighted by molar-refractivity contribution is 5.35. The van der Waals surface area contributed by atoms with Crippen LogP contribution < -0.4 is 5.32 Å². The van der Waals surface area contributed by atoms with Gasteiger partial charge in [0.25, 0.3) is 0 Å². The van der Waals surface area contributed by atoms with Gasteiger partial charge in [-0.05, 0) is 36.0 Å². The van der Waals surface area contributed by atoms with Crippen LogP contribution in [-0.4, -0.2) is 6.61 Å². The van der Waals surface area contributed by atoms with E-state index in [1.54, 1.807) is 0 Å². The second-order valence-electron chi connectivity index (χ2n) is 4.49. The largest absolute Gasteiger partial charge is 0.374 e. The van der Waals surface area contributed by atoms with Crippen LogP contribution in [-0.2, 0) is 17.8 Å². The van der Waals surface area contributed by atoms with Crippen LogP contribution in [0.1, 0.15) is 42.1 Å². The van der Waals surface area contributed by atoms with Gasteiger partial charge in [-0.25, -0.2) is 0 Å². The van der Waals surface area contributed by atoms with Crippen LogP contribution in [0.3, 0.4) is 0 Å². The van der Waals surface area contributed by atoms with Gasteiger partial charge in [-0.2, -0.15) is 0 Å². The first-order valence-corrected chi connectivity index (χ1v) is 5.87. The van der Waals surface area contributed by atoms with Gasteiger partial charge in [-0.15, -0.1) is 0 Å². The van der Waals surface area contributed by atoms with Gasteiger partial charge < -0.3 is 10.1 Å². The van der Waals surface area contributed by atoms with E-state index in [1.165, 1.54) is 36.0 Å². The molecule has 2 nitrogen and oxygen atoms in total. The number of hydrogen-bond donors (Lipinski definition) is 1. The van der Waals surface area contributed by atoms with Crippen LogP contribution in [0.15, 0.2) is 18.2 Å². The van der Waals surface area contributed by atoms with Crippen LogP contribution in [0.4, 0.5) is 0 Å². The molecular formula is C13H17NO. The fourth-order valence-corrected chi connectivity index (χ4v) is 2.52. The topological polar surface area (TPSA) is 21.3 Å². The summed E-state index contributed by atoms with van der Waals surface area (Å²) in [7, 11) is 0. The predicted molar refractivity (Wildman–Crippen MR) is 59.5 cm³/mol. The molecule has 3 rings (SSSR count). The molecule has 1 aromatic carbocycles. The molecule has 15 heavy (non-hydrogen) atoms. The minimum Gasteiger partial charge on any atom is -0.374 e. The van der Waals surface area contributed by atoms with E-state index in [4.69, 9.17) is 4.74 Å². The summed E-state index contributed by atoms with van der Waals surface area (Å²) in [5, 5.41) is 3.38. The van der Waals surface area contributed by atoms with Gasteiger partial charge in [0.15, 0.2) is 0 Å². The highest BCUT2D eigenvalue weighted by Gasteiger charge is 2.18. The summed E-state index contributed by atoms with van der Waals surface area (Å²) in [6.07, 6.45) is 4.07. The highest BCUT2D eigenvalue weighted by atomic mass is 16.5. The van der Waals surface area contributed by atoms with Gasteiger partial charge in [0.05, 0.1) is 6.10 Å². The number of fused-ring (bicyclic) bond motifs is 1. The Bertz CT molecular complexity index is 356. The van der Waals surface area contributed by atoms with E-state index in [2.05, 4.69) is 23.5 Å². The molecular weight excluding hydrogens is 186 g/mol. The third kappa shape index (κ3) is 1.80. The molecule has 0 radical (unpaired) electrons. The molecule has 2 aliphatic heterocycles. The van der Waals surface area contributed by atoms with Crippen LogP contribution >= 0.6 is 0 Å². The number of ether oxygens (including phenoxy) is 1. The normalized spacial score (nSPS) is 25.2. The van der Waals surface area contributed by atoms with Crippen LogP contribution in [0.2, 0.25) is 0 Å². The molecule has 1 atom stereocenters. The Morgan fingerprint density at radius 3 is 2.93 bits per heavy atom. The van der Waals surface area contributed by atoms with E-state index in [-0.39, 0.29) is 0 Å². The van der Waals surface area contributed by atoms with Gasteiger partial charge in [-0.1, -0.05) is 18.2 Å². The molecule has 0 aliphatic carbocycles. The zero-order valence-electron chi connectivity index (χ0n) is 8.96. The average Bonchev–Trinajstić information content (AvgIpc) is 2.77. The highest BCUT2D eigenvalue weighted by Crippen LogP contribution is 2.29. The molecule has 0 spiro atoms. The molecule has 1 N–H and O–H groups in total. The fourth-order valence-electron chi connectivity index (χ4n) is 2.52. The van der Waals surface area contributed by atoms with Crippen molar-refractivity contribution in [3.8, 4) is 0 Å². The van der Waals surface area contributed by atoms with E-state index in [1.807, 2.05) is 0 Å². The maximum atomic E-state index is 5.80. The molecule has 1 saturated heterocycles. The Labute approximate surface area is 90.6 Å². The Morgan fingerprint density at radius 1 is 1.13 bits per heavy atom. The molecule has 0 unspecified atom stereocenters. The first kappa shape index (κ1) is 9.37. The molecule has 1 fully saturated rings. The molecule has 0 amide bonds. The third-order valence-electron chi connectivity index (χ3n) is 3.41. The zero-order valence-corrected chi connectivity index (χ0v) is 8.96. The van der Waals surface area contributed by atoms with Gasteiger partial charge >= 0.3 is 0 Å². The first-order valence-electron chi connectivity index (χ1n) is 5.87. The number of rotatable bonds is 1. The molecule has 80 valence electrons. The van der Waals surface area contributed by atoms with Gasteiger partial charge in [-0.3, -0.25) is 0 Å². The summed E-state index contributed by atoms with van der Waals surface area (Å²) < 4.78 is 5.80. The third-order valence-corrected chi connectivity index (χ3v) is 3.41. The predicted octanol–water partition coefficient (Wildman–Crippen LogP) is 2.53. The minimum absolute atomic E-state index is 0.352. The van der Waals surface area contributed by atoms with E-state index in [9.17, 15) is 0 Å². The number of nitrogens with one attached hydrogen (secondary N) is 1. The van der Waals surface area contributed by atoms with Crippen molar-refractivity contribution < 1.29 is 4.74 Å². The molecule has 1 aromatic rings. The van der Waals surface area contributed by atoms with Crippen molar-refractivity contribution in [2.45, 2.75) is 38.5 Å². The van der Waals surface area contributed by atoms with Crippen LogP contribution in [0.5, 0.6) is 0 Å². The maximum absolute atomic E-state index is 5.80. The van der Waals surface area contributed by atoms with Crippen molar-refractivity contribution in [1.29, 1.82) is 0 Å². The van der Waals surface area contributed by atoms with Crippen LogP contribution in [0.25, 0.3) is 0 Å². The lowest BCUT2D eigenvalue weighted by Gasteiger charge is -2.23. The molecule has 0 saturated carbocycles. The summed E-state index contributed by atoms with van der Waals surface area (Å²) in [5.41, 5.74) is 4.29. The number of hydrogen-bond acceptors (Lipinski definition) is 2. The molecule has 0 bridgehead atoms. The van der Waals surface area contributed by atoms with Gasteiger partial charge in [0.1, 0.15) is 0 Å². The van der Waals surface area contributed by atoms with Crippen molar-refractivity contribution in [2.75, 3.05) is 6.61 Å². The average molecular weight is 203 g/mol. The lowest BCUT2D eigenvalue weighted by atomic mass is 9.98. The second kappa shape index (κ2) is 3.95. The summed E-state index contributed by atoms with van der Waals surface area (Å²) in [4.78, 5) is 0. The fraction of sp³-hybridized carbons (Fsp3) is 0.538.